The number of hydrogen-bond acceptors (Lipinski definition) is 1. The van der Waals surface area contributed by atoms with E-state index in [-0.39, 0.29) is 6.04 Å². The first-order chi connectivity index (χ1) is 8.68. The summed E-state index contributed by atoms with van der Waals surface area (Å²) in [5.41, 5.74) is 0.418. The summed E-state index contributed by atoms with van der Waals surface area (Å²) >= 11 is 0. The third kappa shape index (κ3) is 3.29. The highest BCUT2D eigenvalue weighted by Crippen LogP contribution is 2.27. The minimum atomic E-state index is -0.767. The first kappa shape index (κ1) is 13.5. The predicted molar refractivity (Wildman–Crippen MR) is 69.4 cm³/mol. The molecular weight excluding hydrogens is 232 g/mol. The summed E-state index contributed by atoms with van der Waals surface area (Å²) in [7, 11) is 0. The van der Waals surface area contributed by atoms with E-state index in [1.54, 1.807) is 12.1 Å². The second-order valence-electron chi connectivity index (χ2n) is 5.26. The van der Waals surface area contributed by atoms with Gasteiger partial charge in [0.15, 0.2) is 11.6 Å². The fourth-order valence-corrected chi connectivity index (χ4v) is 2.77. The van der Waals surface area contributed by atoms with Gasteiger partial charge < -0.3 is 5.32 Å². The first-order valence-corrected chi connectivity index (χ1v) is 6.85. The van der Waals surface area contributed by atoms with E-state index in [4.69, 9.17) is 0 Å². The first-order valence-electron chi connectivity index (χ1n) is 6.85. The molecule has 1 aromatic rings. The van der Waals surface area contributed by atoms with Crippen LogP contribution in [0.1, 0.15) is 50.6 Å². The molecule has 0 spiro atoms. The smallest absolute Gasteiger partial charge is 0.163 e. The van der Waals surface area contributed by atoms with Gasteiger partial charge in [0.2, 0.25) is 0 Å². The lowest BCUT2D eigenvalue weighted by atomic mass is 10.0. The van der Waals surface area contributed by atoms with Crippen LogP contribution in [-0.4, -0.2) is 6.54 Å². The molecule has 1 fully saturated rings. The van der Waals surface area contributed by atoms with E-state index < -0.39 is 11.6 Å². The van der Waals surface area contributed by atoms with E-state index in [1.165, 1.54) is 25.7 Å². The quantitative estimate of drug-likeness (QED) is 0.829. The largest absolute Gasteiger partial charge is 0.310 e. The lowest BCUT2D eigenvalue weighted by Gasteiger charge is -2.17. The Hall–Kier alpha value is -0.960. The van der Waals surface area contributed by atoms with Crippen molar-refractivity contribution in [3.63, 3.8) is 0 Å². The van der Waals surface area contributed by atoms with Crippen LogP contribution in [0.4, 0.5) is 8.78 Å². The molecule has 2 rings (SSSR count). The zero-order valence-corrected chi connectivity index (χ0v) is 10.9. The zero-order chi connectivity index (χ0) is 13.0. The molecule has 1 aromatic carbocycles. The summed E-state index contributed by atoms with van der Waals surface area (Å²) in [4.78, 5) is 0. The van der Waals surface area contributed by atoms with Crippen LogP contribution in [0, 0.1) is 17.6 Å². The molecule has 1 atom stereocenters. The standard InChI is InChI=1S/C15H21F2N/c1-11(13-7-4-8-14(16)15(13)17)18-10-9-12-5-2-3-6-12/h4,7-8,11-12,18H,2-3,5-6,9-10H2,1H3. The minimum Gasteiger partial charge on any atom is -0.310 e. The van der Waals surface area contributed by atoms with Crippen LogP contribution >= 0.6 is 0 Å². The fourth-order valence-electron chi connectivity index (χ4n) is 2.77. The van der Waals surface area contributed by atoms with Crippen molar-refractivity contribution in [2.45, 2.75) is 45.1 Å². The summed E-state index contributed by atoms with van der Waals surface area (Å²) in [5.74, 6) is -0.669. The highest BCUT2D eigenvalue weighted by Gasteiger charge is 2.16. The monoisotopic (exact) mass is 253 g/mol. The van der Waals surface area contributed by atoms with Gasteiger partial charge in [0, 0.05) is 11.6 Å². The summed E-state index contributed by atoms with van der Waals surface area (Å²) in [6.45, 7) is 2.76. The molecule has 0 aromatic heterocycles. The van der Waals surface area contributed by atoms with Gasteiger partial charge in [-0.3, -0.25) is 0 Å². The third-order valence-corrected chi connectivity index (χ3v) is 3.93. The number of rotatable bonds is 5. The summed E-state index contributed by atoms with van der Waals surface area (Å²) in [5, 5.41) is 3.29. The van der Waals surface area contributed by atoms with Crippen molar-refractivity contribution < 1.29 is 8.78 Å². The van der Waals surface area contributed by atoms with E-state index in [2.05, 4.69) is 5.32 Å². The molecule has 1 aliphatic carbocycles. The average Bonchev–Trinajstić information content (AvgIpc) is 2.85. The molecule has 0 bridgehead atoms. The van der Waals surface area contributed by atoms with Gasteiger partial charge in [-0.05, 0) is 31.9 Å². The second kappa shape index (κ2) is 6.28. The van der Waals surface area contributed by atoms with Gasteiger partial charge in [-0.2, -0.15) is 0 Å². The van der Waals surface area contributed by atoms with E-state index in [0.29, 0.717) is 5.56 Å². The predicted octanol–water partition coefficient (Wildman–Crippen LogP) is 4.20. The van der Waals surface area contributed by atoms with Gasteiger partial charge in [0.05, 0.1) is 0 Å². The van der Waals surface area contributed by atoms with Crippen LogP contribution in [0.2, 0.25) is 0 Å². The average molecular weight is 253 g/mol. The highest BCUT2D eigenvalue weighted by molar-refractivity contribution is 5.21. The lowest BCUT2D eigenvalue weighted by molar-refractivity contribution is 0.438. The van der Waals surface area contributed by atoms with Gasteiger partial charge in [-0.25, -0.2) is 8.78 Å². The van der Waals surface area contributed by atoms with Crippen molar-refractivity contribution >= 4 is 0 Å². The Kier molecular flexibility index (Phi) is 4.70. The Morgan fingerprint density at radius 2 is 2.00 bits per heavy atom. The third-order valence-electron chi connectivity index (χ3n) is 3.93. The Balaban J connectivity index is 1.83. The summed E-state index contributed by atoms with van der Waals surface area (Å²) < 4.78 is 26.7. The molecule has 0 saturated heterocycles. The lowest BCUT2D eigenvalue weighted by Crippen LogP contribution is -2.22. The molecule has 1 aliphatic rings. The highest BCUT2D eigenvalue weighted by atomic mass is 19.2. The molecule has 0 aliphatic heterocycles. The van der Waals surface area contributed by atoms with E-state index in [0.717, 1.165) is 24.9 Å². The van der Waals surface area contributed by atoms with Crippen molar-refractivity contribution in [3.05, 3.63) is 35.4 Å². The van der Waals surface area contributed by atoms with Gasteiger partial charge >= 0.3 is 0 Å². The molecule has 1 saturated carbocycles. The summed E-state index contributed by atoms with van der Waals surface area (Å²) in [6.07, 6.45) is 6.48. The van der Waals surface area contributed by atoms with E-state index in [1.807, 2.05) is 6.92 Å². The van der Waals surface area contributed by atoms with E-state index >= 15 is 0 Å². The molecule has 0 amide bonds. The number of nitrogens with one attached hydrogen (secondary N) is 1. The number of benzene rings is 1. The normalized spacial score (nSPS) is 18.2. The van der Waals surface area contributed by atoms with Crippen LogP contribution in [0.5, 0.6) is 0 Å². The Labute approximate surface area is 108 Å². The van der Waals surface area contributed by atoms with Crippen molar-refractivity contribution in [3.8, 4) is 0 Å². The molecule has 1 nitrogen and oxygen atoms in total. The van der Waals surface area contributed by atoms with Gasteiger partial charge in [0.25, 0.3) is 0 Å². The molecule has 1 N–H and O–H groups in total. The van der Waals surface area contributed by atoms with Crippen LogP contribution < -0.4 is 5.32 Å². The molecule has 100 valence electrons. The van der Waals surface area contributed by atoms with Gasteiger partial charge in [-0.15, -0.1) is 0 Å². The molecule has 3 heteroatoms. The Morgan fingerprint density at radius 1 is 1.28 bits per heavy atom. The maximum Gasteiger partial charge on any atom is 0.163 e. The van der Waals surface area contributed by atoms with Crippen LogP contribution in [-0.2, 0) is 0 Å². The fraction of sp³-hybridized carbons (Fsp3) is 0.600. The van der Waals surface area contributed by atoms with Crippen molar-refractivity contribution in [2.24, 2.45) is 5.92 Å². The second-order valence-corrected chi connectivity index (χ2v) is 5.26. The minimum absolute atomic E-state index is 0.137. The van der Waals surface area contributed by atoms with Crippen molar-refractivity contribution in [1.29, 1.82) is 0 Å². The van der Waals surface area contributed by atoms with Crippen molar-refractivity contribution in [2.75, 3.05) is 6.54 Å². The maximum absolute atomic E-state index is 13.6. The Morgan fingerprint density at radius 3 is 2.72 bits per heavy atom. The Bertz CT molecular complexity index is 386. The SMILES string of the molecule is CC(NCCC1CCCC1)c1cccc(F)c1F. The molecule has 0 radical (unpaired) electrons. The molecular formula is C15H21F2N. The summed E-state index contributed by atoms with van der Waals surface area (Å²) in [6, 6.07) is 4.22. The number of hydrogen-bond donors (Lipinski definition) is 1. The zero-order valence-electron chi connectivity index (χ0n) is 10.9. The molecule has 18 heavy (non-hydrogen) atoms. The molecule has 1 unspecified atom stereocenters. The van der Waals surface area contributed by atoms with Crippen LogP contribution in [0.25, 0.3) is 0 Å². The topological polar surface area (TPSA) is 12.0 Å². The van der Waals surface area contributed by atoms with Gasteiger partial charge in [-0.1, -0.05) is 37.8 Å². The van der Waals surface area contributed by atoms with Crippen LogP contribution in [0.15, 0.2) is 18.2 Å². The number of halogens is 2. The van der Waals surface area contributed by atoms with E-state index in [9.17, 15) is 8.78 Å². The van der Waals surface area contributed by atoms with Crippen molar-refractivity contribution in [1.82, 2.24) is 5.32 Å². The van der Waals surface area contributed by atoms with Crippen LogP contribution in [0.3, 0.4) is 0 Å². The maximum atomic E-state index is 13.6. The van der Waals surface area contributed by atoms with Gasteiger partial charge in [0.1, 0.15) is 0 Å². The molecule has 0 heterocycles.